The van der Waals surface area contributed by atoms with Crippen molar-refractivity contribution < 1.29 is 4.79 Å². The van der Waals surface area contributed by atoms with E-state index < -0.39 is 0 Å². The fourth-order valence-corrected chi connectivity index (χ4v) is 5.14. The van der Waals surface area contributed by atoms with Crippen LogP contribution < -0.4 is 5.32 Å². The number of hydrogen-bond acceptors (Lipinski definition) is 6. The van der Waals surface area contributed by atoms with Crippen LogP contribution in [0.15, 0.2) is 60.8 Å². The molecule has 4 aromatic rings. The van der Waals surface area contributed by atoms with Crippen molar-refractivity contribution in [2.75, 3.05) is 19.6 Å². The van der Waals surface area contributed by atoms with E-state index >= 15 is 0 Å². The van der Waals surface area contributed by atoms with E-state index in [4.69, 9.17) is 0 Å². The predicted octanol–water partition coefficient (Wildman–Crippen LogP) is 3.74. The molecule has 0 bridgehead atoms. The first-order valence-corrected chi connectivity index (χ1v) is 12.5. The van der Waals surface area contributed by atoms with E-state index in [-0.39, 0.29) is 5.91 Å². The Kier molecular flexibility index (Phi) is 6.78. The molecule has 0 saturated heterocycles. The van der Waals surface area contributed by atoms with E-state index in [0.29, 0.717) is 18.5 Å². The lowest BCUT2D eigenvalue weighted by molar-refractivity contribution is 0.0954. The molecule has 0 aliphatic carbocycles. The summed E-state index contributed by atoms with van der Waals surface area (Å²) < 4.78 is 2.22. The van der Waals surface area contributed by atoms with Gasteiger partial charge in [-0.15, -0.1) is 21.5 Å². The van der Waals surface area contributed by atoms with E-state index in [0.717, 1.165) is 54.8 Å². The normalized spacial score (nSPS) is 13.9. The van der Waals surface area contributed by atoms with Crippen LogP contribution in [0.3, 0.4) is 0 Å². The van der Waals surface area contributed by atoms with Gasteiger partial charge < -0.3 is 9.88 Å². The van der Waals surface area contributed by atoms with Gasteiger partial charge in [0.25, 0.3) is 5.91 Å². The topological polar surface area (TPSA) is 75.9 Å². The fraction of sp³-hybridized carbons (Fsp3) is 0.308. The molecule has 1 N–H and O–H groups in total. The van der Waals surface area contributed by atoms with Crippen LogP contribution in [-0.2, 0) is 25.9 Å². The minimum absolute atomic E-state index is 0.0544. The SMILES string of the molecule is Cc1ccc(C(=O)NCCc2nnc3n2CCN(Cc2cnc(-c4ccccc4)s2)CC3)cc1. The number of nitrogens with one attached hydrogen (secondary N) is 1. The van der Waals surface area contributed by atoms with Crippen LogP contribution in [0.4, 0.5) is 0 Å². The van der Waals surface area contributed by atoms with Gasteiger partial charge in [-0.3, -0.25) is 9.69 Å². The molecule has 1 aliphatic heterocycles. The monoisotopic (exact) mass is 472 g/mol. The first-order chi connectivity index (χ1) is 16.7. The molecule has 0 spiro atoms. The Bertz CT molecular complexity index is 1250. The Labute approximate surface area is 203 Å². The molecular formula is C26H28N6OS. The zero-order valence-corrected chi connectivity index (χ0v) is 20.1. The summed E-state index contributed by atoms with van der Waals surface area (Å²) in [5, 5.41) is 12.9. The Morgan fingerprint density at radius 3 is 2.68 bits per heavy atom. The van der Waals surface area contributed by atoms with Gasteiger partial charge in [0.2, 0.25) is 0 Å². The summed E-state index contributed by atoms with van der Waals surface area (Å²) in [5.74, 6) is 1.91. The van der Waals surface area contributed by atoms with Gasteiger partial charge in [-0.1, -0.05) is 48.0 Å². The van der Waals surface area contributed by atoms with Crippen LogP contribution in [0, 0.1) is 6.92 Å². The van der Waals surface area contributed by atoms with Gasteiger partial charge in [-0.25, -0.2) is 4.98 Å². The molecule has 0 atom stereocenters. The molecule has 0 fully saturated rings. The maximum absolute atomic E-state index is 12.4. The summed E-state index contributed by atoms with van der Waals surface area (Å²) in [7, 11) is 0. The number of hydrogen-bond donors (Lipinski definition) is 1. The lowest BCUT2D eigenvalue weighted by Gasteiger charge is -2.18. The highest BCUT2D eigenvalue weighted by Gasteiger charge is 2.19. The number of rotatable bonds is 7. The van der Waals surface area contributed by atoms with E-state index in [1.54, 1.807) is 11.3 Å². The van der Waals surface area contributed by atoms with Crippen LogP contribution in [0.25, 0.3) is 10.6 Å². The molecule has 5 rings (SSSR count). The van der Waals surface area contributed by atoms with Crippen LogP contribution in [0.5, 0.6) is 0 Å². The van der Waals surface area contributed by atoms with Crippen molar-refractivity contribution in [2.24, 2.45) is 0 Å². The first-order valence-electron chi connectivity index (χ1n) is 11.6. The van der Waals surface area contributed by atoms with Crippen LogP contribution in [-0.4, -0.2) is 50.2 Å². The second-order valence-electron chi connectivity index (χ2n) is 8.58. The molecule has 34 heavy (non-hydrogen) atoms. The third kappa shape index (κ3) is 5.24. The summed E-state index contributed by atoms with van der Waals surface area (Å²) in [6, 6.07) is 17.9. The molecule has 1 aliphatic rings. The predicted molar refractivity (Wildman–Crippen MR) is 134 cm³/mol. The minimum atomic E-state index is -0.0544. The zero-order valence-electron chi connectivity index (χ0n) is 19.3. The number of carbonyl (C=O) groups is 1. The molecule has 7 nitrogen and oxygen atoms in total. The fourth-order valence-electron chi connectivity index (χ4n) is 4.18. The molecule has 2 aromatic carbocycles. The van der Waals surface area contributed by atoms with Crippen molar-refractivity contribution in [3.05, 3.63) is 88.4 Å². The van der Waals surface area contributed by atoms with Crippen LogP contribution in [0.1, 0.15) is 32.4 Å². The number of thiazole rings is 1. The summed E-state index contributed by atoms with van der Waals surface area (Å²) in [6.07, 6.45) is 3.53. The first kappa shape index (κ1) is 22.4. The van der Waals surface area contributed by atoms with Crippen molar-refractivity contribution in [1.29, 1.82) is 0 Å². The van der Waals surface area contributed by atoms with Crippen molar-refractivity contribution >= 4 is 17.2 Å². The van der Waals surface area contributed by atoms with Crippen molar-refractivity contribution in [1.82, 2.24) is 30.0 Å². The van der Waals surface area contributed by atoms with Gasteiger partial charge in [0.1, 0.15) is 16.7 Å². The molecular weight excluding hydrogens is 444 g/mol. The van der Waals surface area contributed by atoms with Gasteiger partial charge >= 0.3 is 0 Å². The second kappa shape index (κ2) is 10.3. The zero-order chi connectivity index (χ0) is 23.3. The molecule has 174 valence electrons. The van der Waals surface area contributed by atoms with Gasteiger partial charge in [-0.05, 0) is 19.1 Å². The molecule has 0 radical (unpaired) electrons. The number of fused-ring (bicyclic) bond motifs is 1. The number of aryl methyl sites for hydroxylation is 1. The van der Waals surface area contributed by atoms with Gasteiger partial charge in [0.15, 0.2) is 0 Å². The second-order valence-corrected chi connectivity index (χ2v) is 9.70. The average Bonchev–Trinajstić information content (AvgIpc) is 3.43. The Balaban J connectivity index is 1.15. The molecule has 0 saturated carbocycles. The summed E-state index contributed by atoms with van der Waals surface area (Å²) >= 11 is 1.76. The average molecular weight is 473 g/mol. The van der Waals surface area contributed by atoms with E-state index in [2.05, 4.69) is 42.1 Å². The highest BCUT2D eigenvalue weighted by molar-refractivity contribution is 7.15. The summed E-state index contributed by atoms with van der Waals surface area (Å²) in [4.78, 5) is 20.7. The highest BCUT2D eigenvalue weighted by Crippen LogP contribution is 2.26. The summed E-state index contributed by atoms with van der Waals surface area (Å²) in [6.45, 7) is 6.18. The van der Waals surface area contributed by atoms with E-state index in [1.807, 2.05) is 55.6 Å². The smallest absolute Gasteiger partial charge is 0.251 e. The third-order valence-electron chi connectivity index (χ3n) is 6.10. The quantitative estimate of drug-likeness (QED) is 0.443. The lowest BCUT2D eigenvalue weighted by atomic mass is 10.1. The molecule has 8 heteroatoms. The Morgan fingerprint density at radius 2 is 1.85 bits per heavy atom. The van der Waals surface area contributed by atoms with Crippen molar-refractivity contribution in [3.63, 3.8) is 0 Å². The Morgan fingerprint density at radius 1 is 1.03 bits per heavy atom. The van der Waals surface area contributed by atoms with E-state index in [9.17, 15) is 4.79 Å². The number of amides is 1. The Hall–Kier alpha value is -3.36. The number of nitrogens with zero attached hydrogens (tertiary/aromatic N) is 5. The summed E-state index contributed by atoms with van der Waals surface area (Å²) in [5.41, 5.74) is 2.99. The third-order valence-corrected chi connectivity index (χ3v) is 7.13. The van der Waals surface area contributed by atoms with E-state index in [1.165, 1.54) is 10.4 Å². The lowest BCUT2D eigenvalue weighted by Crippen LogP contribution is -2.27. The maximum atomic E-state index is 12.4. The van der Waals surface area contributed by atoms with Crippen molar-refractivity contribution in [2.45, 2.75) is 32.9 Å². The minimum Gasteiger partial charge on any atom is -0.352 e. The van der Waals surface area contributed by atoms with Crippen LogP contribution >= 0.6 is 11.3 Å². The highest BCUT2D eigenvalue weighted by atomic mass is 32.1. The molecule has 3 heterocycles. The number of carbonyl (C=O) groups excluding carboxylic acids is 1. The van der Waals surface area contributed by atoms with Crippen LogP contribution in [0.2, 0.25) is 0 Å². The number of benzene rings is 2. The maximum Gasteiger partial charge on any atom is 0.251 e. The van der Waals surface area contributed by atoms with Gasteiger partial charge in [-0.2, -0.15) is 0 Å². The molecule has 0 unspecified atom stereocenters. The number of aromatic nitrogens is 4. The molecule has 2 aromatic heterocycles. The van der Waals surface area contributed by atoms with Gasteiger partial charge in [0.05, 0.1) is 0 Å². The largest absolute Gasteiger partial charge is 0.352 e. The van der Waals surface area contributed by atoms with Crippen molar-refractivity contribution in [3.8, 4) is 10.6 Å². The standard InChI is InChI=1S/C26H28N6OS/c1-19-7-9-20(10-8-19)25(33)27-13-11-23-29-30-24-12-14-31(15-16-32(23)24)18-22-17-28-26(34-22)21-5-3-2-4-6-21/h2-10,17H,11-16,18H2,1H3,(H,27,33). The van der Waals surface area contributed by atoms with Gasteiger partial charge in [0, 0.05) is 67.8 Å². The molecule has 1 amide bonds.